The molecule has 0 aromatic heterocycles. The zero-order chi connectivity index (χ0) is 16.5. The van der Waals surface area contributed by atoms with Crippen LogP contribution < -0.4 is 9.84 Å². The van der Waals surface area contributed by atoms with Gasteiger partial charge in [-0.3, -0.25) is 0 Å². The second kappa shape index (κ2) is 10.2. The fourth-order valence-electron chi connectivity index (χ4n) is 2.08. The van der Waals surface area contributed by atoms with E-state index >= 15 is 0 Å². The van der Waals surface area contributed by atoms with Gasteiger partial charge in [-0.2, -0.15) is 0 Å². The summed E-state index contributed by atoms with van der Waals surface area (Å²) in [5, 5.41) is 12.0. The van der Waals surface area contributed by atoms with Crippen LogP contribution in [0.15, 0.2) is 12.1 Å². The molecule has 0 aliphatic heterocycles. The minimum atomic E-state index is -1.25. The number of aliphatic carboxylic acids is 1. The number of benzene rings is 1. The summed E-state index contributed by atoms with van der Waals surface area (Å²) in [6, 6.07) is 2.85. The van der Waals surface area contributed by atoms with E-state index in [9.17, 15) is 9.90 Å². The first-order valence-corrected chi connectivity index (χ1v) is 8.61. The van der Waals surface area contributed by atoms with Gasteiger partial charge in [0.2, 0.25) is 0 Å². The summed E-state index contributed by atoms with van der Waals surface area (Å²) in [5.41, 5.74) is 0. The van der Waals surface area contributed by atoms with E-state index in [1.54, 1.807) is 0 Å². The molecule has 22 heavy (non-hydrogen) atoms. The van der Waals surface area contributed by atoms with E-state index in [2.05, 4.69) is 6.92 Å². The van der Waals surface area contributed by atoms with E-state index in [4.69, 9.17) is 39.5 Å². The van der Waals surface area contributed by atoms with Crippen LogP contribution in [0.25, 0.3) is 0 Å². The highest BCUT2D eigenvalue weighted by atomic mass is 35.5. The molecular formula is C16H20Cl3O3-. The van der Waals surface area contributed by atoms with Gasteiger partial charge in [0, 0.05) is 6.07 Å². The average molecular weight is 367 g/mol. The molecule has 1 unspecified atom stereocenters. The maximum atomic E-state index is 11.2. The Balaban J connectivity index is 2.54. The van der Waals surface area contributed by atoms with Gasteiger partial charge in [0.1, 0.15) is 11.9 Å². The van der Waals surface area contributed by atoms with Crippen molar-refractivity contribution in [3.63, 3.8) is 0 Å². The smallest absolute Gasteiger partial charge is 0.140 e. The molecular weight excluding hydrogens is 347 g/mol. The minimum Gasteiger partial charge on any atom is -0.546 e. The molecule has 0 aliphatic carbocycles. The zero-order valence-electron chi connectivity index (χ0n) is 12.5. The Labute approximate surface area is 146 Å². The van der Waals surface area contributed by atoms with Crippen LogP contribution in [-0.4, -0.2) is 12.1 Å². The van der Waals surface area contributed by atoms with Crippen LogP contribution in [0.4, 0.5) is 0 Å². The summed E-state index contributed by atoms with van der Waals surface area (Å²) in [7, 11) is 0. The van der Waals surface area contributed by atoms with Gasteiger partial charge >= 0.3 is 0 Å². The van der Waals surface area contributed by atoms with E-state index in [1.807, 2.05) is 0 Å². The molecule has 124 valence electrons. The topological polar surface area (TPSA) is 49.4 Å². The number of unbranched alkanes of at least 4 members (excludes halogenated alkanes) is 5. The lowest BCUT2D eigenvalue weighted by atomic mass is 10.1. The Bertz CT molecular complexity index is 492. The number of carbonyl (C=O) groups excluding carboxylic acids is 1. The third-order valence-corrected chi connectivity index (χ3v) is 4.34. The molecule has 0 saturated carbocycles. The molecule has 0 saturated heterocycles. The van der Waals surface area contributed by atoms with Crippen LogP contribution in [0.5, 0.6) is 5.75 Å². The van der Waals surface area contributed by atoms with Crippen molar-refractivity contribution < 1.29 is 14.6 Å². The molecule has 1 rings (SSSR count). The van der Waals surface area contributed by atoms with E-state index in [1.165, 1.54) is 31.4 Å². The number of carboxylic acid groups (broad SMARTS) is 1. The summed E-state index contributed by atoms with van der Waals surface area (Å²) in [6.45, 7) is 2.15. The van der Waals surface area contributed by atoms with Gasteiger partial charge in [0.15, 0.2) is 0 Å². The predicted octanol–water partition coefficient (Wildman–Crippen LogP) is 4.89. The summed E-state index contributed by atoms with van der Waals surface area (Å²) in [5.74, 6) is -1.05. The Morgan fingerprint density at radius 3 is 2.27 bits per heavy atom. The molecule has 0 fully saturated rings. The largest absolute Gasteiger partial charge is 0.546 e. The van der Waals surface area contributed by atoms with Gasteiger partial charge in [-0.15, -0.1) is 0 Å². The van der Waals surface area contributed by atoms with E-state index < -0.39 is 12.1 Å². The van der Waals surface area contributed by atoms with E-state index in [-0.39, 0.29) is 15.8 Å². The number of carboxylic acids is 1. The number of rotatable bonds is 10. The molecule has 3 nitrogen and oxygen atoms in total. The number of hydrogen-bond acceptors (Lipinski definition) is 3. The minimum absolute atomic E-state index is 0.205. The van der Waals surface area contributed by atoms with Crippen molar-refractivity contribution in [3.05, 3.63) is 27.2 Å². The second-order valence-corrected chi connectivity index (χ2v) is 6.40. The van der Waals surface area contributed by atoms with Crippen LogP contribution in [-0.2, 0) is 4.79 Å². The monoisotopic (exact) mass is 365 g/mol. The van der Waals surface area contributed by atoms with E-state index in [0.717, 1.165) is 19.3 Å². The molecule has 0 spiro atoms. The molecule has 0 N–H and O–H groups in total. The molecule has 0 aliphatic rings. The van der Waals surface area contributed by atoms with Gasteiger partial charge < -0.3 is 14.6 Å². The van der Waals surface area contributed by atoms with Crippen LogP contribution in [0.1, 0.15) is 51.9 Å². The van der Waals surface area contributed by atoms with Crippen molar-refractivity contribution in [2.75, 3.05) is 0 Å². The number of carbonyl (C=O) groups is 1. The molecule has 0 heterocycles. The second-order valence-electron chi connectivity index (χ2n) is 5.18. The Morgan fingerprint density at radius 1 is 1.05 bits per heavy atom. The van der Waals surface area contributed by atoms with E-state index in [0.29, 0.717) is 11.4 Å². The molecule has 0 radical (unpaired) electrons. The Kier molecular flexibility index (Phi) is 8.99. The van der Waals surface area contributed by atoms with Crippen LogP contribution >= 0.6 is 34.8 Å². The fraction of sp³-hybridized carbons (Fsp3) is 0.562. The Morgan fingerprint density at radius 2 is 1.64 bits per heavy atom. The third-order valence-electron chi connectivity index (χ3n) is 3.33. The molecule has 0 bridgehead atoms. The SMILES string of the molecule is CCCCCCCCC(Oc1cc(Cl)c(Cl)cc1Cl)C(=O)[O-]. The van der Waals surface area contributed by atoms with Gasteiger partial charge in [0.05, 0.1) is 21.0 Å². The highest BCUT2D eigenvalue weighted by molar-refractivity contribution is 6.43. The first-order valence-electron chi connectivity index (χ1n) is 7.47. The number of halogens is 3. The highest BCUT2D eigenvalue weighted by Crippen LogP contribution is 2.34. The lowest BCUT2D eigenvalue weighted by Crippen LogP contribution is -2.39. The highest BCUT2D eigenvalue weighted by Gasteiger charge is 2.15. The quantitative estimate of drug-likeness (QED) is 0.437. The van der Waals surface area contributed by atoms with Gasteiger partial charge in [0.25, 0.3) is 0 Å². The van der Waals surface area contributed by atoms with Gasteiger partial charge in [-0.1, -0.05) is 73.8 Å². The molecule has 1 aromatic carbocycles. The van der Waals surface area contributed by atoms with Crippen molar-refractivity contribution in [2.24, 2.45) is 0 Å². The normalized spacial score (nSPS) is 12.2. The van der Waals surface area contributed by atoms with Crippen molar-refractivity contribution in [1.29, 1.82) is 0 Å². The van der Waals surface area contributed by atoms with Crippen molar-refractivity contribution in [3.8, 4) is 5.75 Å². The first kappa shape index (κ1) is 19.4. The standard InChI is InChI=1S/C16H21Cl3O3/c1-2-3-4-5-6-7-8-14(16(20)21)22-15-10-12(18)11(17)9-13(15)19/h9-10,14H,2-8H2,1H3,(H,20,21)/p-1. The molecule has 0 amide bonds. The number of ether oxygens (including phenoxy) is 1. The maximum Gasteiger partial charge on any atom is 0.140 e. The van der Waals surface area contributed by atoms with Gasteiger partial charge in [-0.25, -0.2) is 0 Å². The third kappa shape index (κ3) is 6.64. The average Bonchev–Trinajstić information content (AvgIpc) is 2.46. The number of hydrogen-bond donors (Lipinski definition) is 0. The first-order chi connectivity index (χ1) is 10.5. The van der Waals surface area contributed by atoms with Crippen LogP contribution in [0, 0.1) is 0 Å². The maximum absolute atomic E-state index is 11.2. The summed E-state index contributed by atoms with van der Waals surface area (Å²) >= 11 is 17.7. The van der Waals surface area contributed by atoms with Crippen LogP contribution in [0.2, 0.25) is 15.1 Å². The molecule has 1 atom stereocenters. The zero-order valence-corrected chi connectivity index (χ0v) is 14.8. The summed E-state index contributed by atoms with van der Waals surface area (Å²) < 4.78 is 5.43. The van der Waals surface area contributed by atoms with Crippen molar-refractivity contribution >= 4 is 40.8 Å². The Hall–Kier alpha value is -0.640. The summed E-state index contributed by atoms with van der Waals surface area (Å²) in [6.07, 6.45) is 5.74. The van der Waals surface area contributed by atoms with Crippen molar-refractivity contribution in [2.45, 2.75) is 58.0 Å². The predicted molar refractivity (Wildman–Crippen MR) is 88.9 cm³/mol. The molecule has 6 heteroatoms. The van der Waals surface area contributed by atoms with Crippen LogP contribution in [0.3, 0.4) is 0 Å². The lowest BCUT2D eigenvalue weighted by Gasteiger charge is -2.21. The van der Waals surface area contributed by atoms with Crippen molar-refractivity contribution in [1.82, 2.24) is 0 Å². The lowest BCUT2D eigenvalue weighted by molar-refractivity contribution is -0.313. The fourth-order valence-corrected chi connectivity index (χ4v) is 2.66. The summed E-state index contributed by atoms with van der Waals surface area (Å²) in [4.78, 5) is 11.2. The van der Waals surface area contributed by atoms with Gasteiger partial charge in [-0.05, 0) is 18.9 Å². The molecule has 1 aromatic rings.